The summed E-state index contributed by atoms with van der Waals surface area (Å²) in [4.78, 5) is 43.6. The van der Waals surface area contributed by atoms with Crippen LogP contribution in [0.5, 0.6) is 0 Å². The van der Waals surface area contributed by atoms with Crippen molar-refractivity contribution in [1.29, 1.82) is 0 Å². The topological polar surface area (TPSA) is 60.9 Å². The number of hydrogen-bond acceptors (Lipinski definition) is 3. The van der Waals surface area contributed by atoms with Crippen molar-refractivity contribution < 1.29 is 31.9 Å². The molecule has 0 saturated carbocycles. The second kappa shape index (κ2) is 11.9. The number of carbonyl (C=O) groups excluding carboxylic acids is 3. The van der Waals surface area contributed by atoms with Crippen molar-refractivity contribution >= 4 is 33.7 Å². The molecule has 2 fully saturated rings. The van der Waals surface area contributed by atoms with Crippen LogP contribution in [0.15, 0.2) is 40.9 Å². The lowest BCUT2D eigenvalue weighted by Gasteiger charge is -2.44. The zero-order chi connectivity index (χ0) is 29.4. The van der Waals surface area contributed by atoms with Crippen LogP contribution in [0.2, 0.25) is 0 Å². The highest BCUT2D eigenvalue weighted by Crippen LogP contribution is 2.36. The van der Waals surface area contributed by atoms with Gasteiger partial charge in [0.25, 0.3) is 5.91 Å². The van der Waals surface area contributed by atoms with Crippen molar-refractivity contribution in [3.63, 3.8) is 0 Å². The van der Waals surface area contributed by atoms with Gasteiger partial charge in [0.1, 0.15) is 5.82 Å². The predicted octanol–water partition coefficient (Wildman–Crippen LogP) is 5.63. The van der Waals surface area contributed by atoms with Gasteiger partial charge in [-0.25, -0.2) is 4.39 Å². The zero-order valence-electron chi connectivity index (χ0n) is 22.6. The molecule has 2 saturated heterocycles. The standard InChI is InChI=1S/C29H32BrF4N3O3/c1-17-12-20(4-5-25(17)31)24-16-37(28(40)19-6-9-36(10-7-19)18(2)38)11-8-26(24)35(3)27(39)21-13-22(29(32,33)34)15-23(30)14-21/h4-5,12-15,19,24,26H,6-11,16H2,1-3H3. The van der Waals surface area contributed by atoms with Crippen LogP contribution in [0.3, 0.4) is 0 Å². The summed E-state index contributed by atoms with van der Waals surface area (Å²) in [7, 11) is 1.56. The molecule has 0 radical (unpaired) electrons. The SMILES string of the molecule is CC(=O)N1CCC(C(=O)N2CCC(N(C)C(=O)c3cc(Br)cc(C(F)(F)F)c3)C(c3ccc(F)c(C)c3)C2)CC1. The summed E-state index contributed by atoms with van der Waals surface area (Å²) in [6, 6.07) is 7.38. The Bertz CT molecular complexity index is 1290. The average Bonchev–Trinajstić information content (AvgIpc) is 2.92. The number of hydrogen-bond donors (Lipinski definition) is 0. The number of halogens is 5. The van der Waals surface area contributed by atoms with E-state index >= 15 is 0 Å². The molecule has 2 unspecified atom stereocenters. The molecule has 2 aliphatic rings. The highest BCUT2D eigenvalue weighted by molar-refractivity contribution is 9.10. The zero-order valence-corrected chi connectivity index (χ0v) is 24.2. The van der Waals surface area contributed by atoms with Gasteiger partial charge in [0.15, 0.2) is 0 Å². The number of rotatable bonds is 4. The molecule has 0 aliphatic carbocycles. The average molecular weight is 626 g/mol. The molecule has 0 spiro atoms. The Morgan fingerprint density at radius 2 is 1.62 bits per heavy atom. The van der Waals surface area contributed by atoms with E-state index in [-0.39, 0.29) is 46.0 Å². The van der Waals surface area contributed by atoms with Gasteiger partial charge in [-0.15, -0.1) is 0 Å². The van der Waals surface area contributed by atoms with Crippen molar-refractivity contribution in [3.8, 4) is 0 Å². The minimum atomic E-state index is -4.61. The van der Waals surface area contributed by atoms with E-state index in [1.54, 1.807) is 35.9 Å². The molecule has 4 rings (SSSR count). The Balaban J connectivity index is 1.59. The third kappa shape index (κ3) is 6.50. The van der Waals surface area contributed by atoms with Crippen LogP contribution in [-0.2, 0) is 15.8 Å². The van der Waals surface area contributed by atoms with E-state index < -0.39 is 23.7 Å². The van der Waals surface area contributed by atoms with Gasteiger partial charge >= 0.3 is 6.18 Å². The third-order valence-corrected chi connectivity index (χ3v) is 8.54. The first-order chi connectivity index (χ1) is 18.8. The normalized spacial score (nSPS) is 20.4. The lowest BCUT2D eigenvalue weighted by molar-refractivity contribution is -0.141. The molecule has 2 aromatic carbocycles. The van der Waals surface area contributed by atoms with E-state index in [0.29, 0.717) is 44.5 Å². The summed E-state index contributed by atoms with van der Waals surface area (Å²) in [5, 5.41) is 0. The smallest absolute Gasteiger partial charge is 0.343 e. The minimum Gasteiger partial charge on any atom is -0.343 e. The van der Waals surface area contributed by atoms with E-state index in [2.05, 4.69) is 15.9 Å². The molecule has 3 amide bonds. The summed E-state index contributed by atoms with van der Waals surface area (Å²) < 4.78 is 54.5. The summed E-state index contributed by atoms with van der Waals surface area (Å²) in [6.45, 7) is 4.84. The van der Waals surface area contributed by atoms with Crippen LogP contribution < -0.4 is 0 Å². The number of alkyl halides is 3. The van der Waals surface area contributed by atoms with Crippen LogP contribution >= 0.6 is 15.9 Å². The molecule has 11 heteroatoms. The summed E-state index contributed by atoms with van der Waals surface area (Å²) in [5.41, 5.74) is 0.138. The van der Waals surface area contributed by atoms with Crippen LogP contribution in [0, 0.1) is 18.7 Å². The van der Waals surface area contributed by atoms with E-state index in [1.807, 2.05) is 0 Å². The van der Waals surface area contributed by atoms with Crippen molar-refractivity contribution in [2.45, 2.75) is 51.2 Å². The van der Waals surface area contributed by atoms with Crippen LogP contribution in [0.25, 0.3) is 0 Å². The van der Waals surface area contributed by atoms with Gasteiger partial charge in [0.2, 0.25) is 11.8 Å². The minimum absolute atomic E-state index is 0.0127. The Morgan fingerprint density at radius 1 is 0.975 bits per heavy atom. The fraction of sp³-hybridized carbons (Fsp3) is 0.483. The maximum Gasteiger partial charge on any atom is 0.416 e. The maximum absolute atomic E-state index is 14.1. The first-order valence-electron chi connectivity index (χ1n) is 13.2. The Morgan fingerprint density at radius 3 is 2.23 bits per heavy atom. The van der Waals surface area contributed by atoms with Gasteiger partial charge in [-0.3, -0.25) is 14.4 Å². The molecule has 2 aliphatic heterocycles. The van der Waals surface area contributed by atoms with E-state index in [1.165, 1.54) is 24.0 Å². The number of benzene rings is 2. The van der Waals surface area contributed by atoms with Gasteiger partial charge in [-0.05, 0) is 61.6 Å². The molecular weight excluding hydrogens is 594 g/mol. The lowest BCUT2D eigenvalue weighted by atomic mass is 9.83. The van der Waals surface area contributed by atoms with Crippen molar-refractivity contribution in [1.82, 2.24) is 14.7 Å². The van der Waals surface area contributed by atoms with Crippen molar-refractivity contribution in [2.24, 2.45) is 5.92 Å². The number of carbonyl (C=O) groups is 3. The molecule has 2 aromatic rings. The number of piperidine rings is 2. The van der Waals surface area contributed by atoms with Crippen LogP contribution in [0.4, 0.5) is 17.6 Å². The van der Waals surface area contributed by atoms with Gasteiger partial charge in [0.05, 0.1) is 5.56 Å². The second-order valence-electron chi connectivity index (χ2n) is 10.7. The third-order valence-electron chi connectivity index (χ3n) is 8.08. The molecule has 0 bridgehead atoms. The number of likely N-dealkylation sites (tertiary alicyclic amines) is 2. The molecule has 2 atom stereocenters. The number of amides is 3. The largest absolute Gasteiger partial charge is 0.416 e. The van der Waals surface area contributed by atoms with Gasteiger partial charge in [-0.1, -0.05) is 28.1 Å². The summed E-state index contributed by atoms with van der Waals surface area (Å²) in [5.74, 6) is -1.57. The number of likely N-dealkylation sites (N-methyl/N-ethyl adjacent to an activating group) is 1. The highest BCUT2D eigenvalue weighted by atomic mass is 79.9. The highest BCUT2D eigenvalue weighted by Gasteiger charge is 2.40. The second-order valence-corrected chi connectivity index (χ2v) is 11.6. The Hall–Kier alpha value is -2.95. The van der Waals surface area contributed by atoms with Crippen molar-refractivity contribution in [2.75, 3.05) is 33.2 Å². The molecule has 0 N–H and O–H groups in total. The Kier molecular flexibility index (Phi) is 8.92. The first-order valence-corrected chi connectivity index (χ1v) is 14.0. The monoisotopic (exact) mass is 625 g/mol. The predicted molar refractivity (Wildman–Crippen MR) is 145 cm³/mol. The quantitative estimate of drug-likeness (QED) is 0.414. The molecule has 2 heterocycles. The fourth-order valence-electron chi connectivity index (χ4n) is 5.76. The number of aryl methyl sites for hydroxylation is 1. The lowest BCUT2D eigenvalue weighted by Crippen LogP contribution is -2.53. The van der Waals surface area contributed by atoms with Crippen LogP contribution in [0.1, 0.15) is 59.2 Å². The van der Waals surface area contributed by atoms with Crippen molar-refractivity contribution in [3.05, 3.63) is 68.9 Å². The van der Waals surface area contributed by atoms with Gasteiger partial charge < -0.3 is 14.7 Å². The van der Waals surface area contributed by atoms with Gasteiger partial charge in [0, 0.05) is 68.1 Å². The Labute approximate surface area is 239 Å². The van der Waals surface area contributed by atoms with E-state index in [9.17, 15) is 31.9 Å². The summed E-state index contributed by atoms with van der Waals surface area (Å²) in [6.07, 6.45) is -3.07. The van der Waals surface area contributed by atoms with E-state index in [0.717, 1.165) is 17.7 Å². The summed E-state index contributed by atoms with van der Waals surface area (Å²) >= 11 is 3.08. The molecule has 216 valence electrons. The first kappa shape index (κ1) is 30.0. The van der Waals surface area contributed by atoms with Gasteiger partial charge in [-0.2, -0.15) is 13.2 Å². The molecular formula is C29H32BrF4N3O3. The van der Waals surface area contributed by atoms with Crippen LogP contribution in [-0.4, -0.2) is 71.7 Å². The molecule has 40 heavy (non-hydrogen) atoms. The molecule has 0 aromatic heterocycles. The maximum atomic E-state index is 14.1. The molecule has 6 nitrogen and oxygen atoms in total. The number of nitrogens with zero attached hydrogens (tertiary/aromatic N) is 3. The fourth-order valence-corrected chi connectivity index (χ4v) is 6.25. The van der Waals surface area contributed by atoms with E-state index in [4.69, 9.17) is 0 Å².